The maximum atomic E-state index is 12.1. The zero-order chi connectivity index (χ0) is 14.0. The van der Waals surface area contributed by atoms with Gasteiger partial charge in [0.1, 0.15) is 0 Å². The van der Waals surface area contributed by atoms with Gasteiger partial charge in [-0.3, -0.25) is 5.11 Å². The minimum Gasteiger partial charge on any atom is -0.492 e. The Labute approximate surface area is 111 Å². The van der Waals surface area contributed by atoms with E-state index in [1.165, 1.54) is 34.5 Å². The van der Waals surface area contributed by atoms with Crippen molar-refractivity contribution in [2.45, 2.75) is 0 Å². The maximum Gasteiger partial charge on any atom is 0.208 e. The zero-order valence-electron chi connectivity index (χ0n) is 11.3. The summed E-state index contributed by atoms with van der Waals surface area (Å²) >= 11 is 0. The summed E-state index contributed by atoms with van der Waals surface area (Å²) in [5.41, 5.74) is 0. The van der Waals surface area contributed by atoms with Gasteiger partial charge in [0.05, 0.1) is 33.8 Å². The highest BCUT2D eigenvalue weighted by Crippen LogP contribution is 2.52. The lowest BCUT2D eigenvalue weighted by Crippen LogP contribution is -1.99. The molecule has 0 heterocycles. The molecule has 0 aliphatic rings. The molecule has 0 atom stereocenters. The van der Waals surface area contributed by atoms with Gasteiger partial charge in [0.15, 0.2) is 17.2 Å². The van der Waals surface area contributed by atoms with Crippen molar-refractivity contribution in [1.82, 2.24) is 0 Å². The van der Waals surface area contributed by atoms with Crippen LogP contribution in [0.5, 0.6) is 28.7 Å². The molecule has 0 aliphatic carbocycles. The number of ether oxygens (including phenoxy) is 4. The Morgan fingerprint density at radius 2 is 1.26 bits per heavy atom. The van der Waals surface area contributed by atoms with Crippen LogP contribution in [0.2, 0.25) is 0 Å². The first-order valence-electron chi connectivity index (χ1n) is 5.65. The highest BCUT2D eigenvalue weighted by atomic mass is 16.5. The van der Waals surface area contributed by atoms with Crippen LogP contribution in [0.25, 0.3) is 10.8 Å². The molecule has 19 heavy (non-hydrogen) atoms. The molecule has 2 aromatic carbocycles. The predicted octanol–water partition coefficient (Wildman–Crippen LogP) is 3.02. The highest BCUT2D eigenvalue weighted by Gasteiger charge is 2.24. The fraction of sp³-hybridized carbons (Fsp3) is 0.286. The van der Waals surface area contributed by atoms with Gasteiger partial charge in [-0.1, -0.05) is 12.1 Å². The van der Waals surface area contributed by atoms with E-state index in [4.69, 9.17) is 18.9 Å². The van der Waals surface area contributed by atoms with Gasteiger partial charge in [0.2, 0.25) is 11.5 Å². The molecule has 0 aliphatic heterocycles. The quantitative estimate of drug-likeness (QED) is 0.850. The Balaban J connectivity index is 3.02. The third kappa shape index (κ3) is 1.87. The standard InChI is InChI=1S/C14H15O5/c1-16-11-8-6-5-7-9(15)10(8)12(17-2)14(19-4)13(11)18-3/h5-7H,1-4H3. The van der Waals surface area contributed by atoms with Crippen LogP contribution in [-0.2, 0) is 5.11 Å². The largest absolute Gasteiger partial charge is 0.492 e. The van der Waals surface area contributed by atoms with Crippen LogP contribution >= 0.6 is 0 Å². The smallest absolute Gasteiger partial charge is 0.208 e. The van der Waals surface area contributed by atoms with Crippen molar-refractivity contribution in [2.24, 2.45) is 0 Å². The molecule has 0 spiro atoms. The number of hydrogen-bond donors (Lipinski definition) is 0. The Kier molecular flexibility index (Phi) is 3.55. The highest BCUT2D eigenvalue weighted by molar-refractivity contribution is 6.02. The van der Waals surface area contributed by atoms with Crippen molar-refractivity contribution in [3.63, 3.8) is 0 Å². The van der Waals surface area contributed by atoms with Crippen molar-refractivity contribution in [3.8, 4) is 28.7 Å². The monoisotopic (exact) mass is 263 g/mol. The van der Waals surface area contributed by atoms with Crippen LogP contribution in [0.3, 0.4) is 0 Å². The molecule has 5 heteroatoms. The first-order chi connectivity index (χ1) is 9.19. The lowest BCUT2D eigenvalue weighted by Gasteiger charge is -2.18. The van der Waals surface area contributed by atoms with Gasteiger partial charge in [-0.25, -0.2) is 0 Å². The SMILES string of the molecule is COc1c(OC)c(OC)c2c([O])cccc2c1OC. The number of hydrogen-bond acceptors (Lipinski definition) is 4. The second kappa shape index (κ2) is 5.14. The first kappa shape index (κ1) is 13.1. The van der Waals surface area contributed by atoms with E-state index in [9.17, 15) is 5.11 Å². The van der Waals surface area contributed by atoms with Crippen LogP contribution in [0.4, 0.5) is 0 Å². The van der Waals surface area contributed by atoms with Gasteiger partial charge in [0, 0.05) is 5.39 Å². The summed E-state index contributed by atoms with van der Waals surface area (Å²) in [6.45, 7) is 0. The van der Waals surface area contributed by atoms with Crippen LogP contribution in [0.1, 0.15) is 0 Å². The molecule has 2 aromatic rings. The molecule has 1 radical (unpaired) electrons. The van der Waals surface area contributed by atoms with Gasteiger partial charge in [-0.15, -0.1) is 0 Å². The van der Waals surface area contributed by atoms with Crippen molar-refractivity contribution < 1.29 is 24.1 Å². The van der Waals surface area contributed by atoms with Gasteiger partial charge < -0.3 is 18.9 Å². The van der Waals surface area contributed by atoms with E-state index in [0.717, 1.165) is 0 Å². The number of methoxy groups -OCH3 is 4. The molecule has 0 amide bonds. The first-order valence-corrected chi connectivity index (χ1v) is 5.65. The molecule has 101 valence electrons. The van der Waals surface area contributed by atoms with E-state index in [0.29, 0.717) is 33.8 Å². The molecular weight excluding hydrogens is 248 g/mol. The third-order valence-electron chi connectivity index (χ3n) is 2.93. The van der Waals surface area contributed by atoms with E-state index in [1.54, 1.807) is 12.1 Å². The number of rotatable bonds is 4. The summed E-state index contributed by atoms with van der Waals surface area (Å²) in [4.78, 5) is 0. The summed E-state index contributed by atoms with van der Waals surface area (Å²) in [6, 6.07) is 4.91. The Bertz CT molecular complexity index is 607. The van der Waals surface area contributed by atoms with E-state index in [-0.39, 0.29) is 5.75 Å². The Morgan fingerprint density at radius 1 is 0.737 bits per heavy atom. The second-order valence-corrected chi connectivity index (χ2v) is 3.81. The van der Waals surface area contributed by atoms with Crippen LogP contribution < -0.4 is 18.9 Å². The third-order valence-corrected chi connectivity index (χ3v) is 2.93. The summed E-state index contributed by atoms with van der Waals surface area (Å²) in [5, 5.41) is 13.1. The van der Waals surface area contributed by atoms with Crippen LogP contribution in [-0.4, -0.2) is 28.4 Å². The summed E-state index contributed by atoms with van der Waals surface area (Å²) < 4.78 is 21.3. The van der Waals surface area contributed by atoms with Gasteiger partial charge in [0.25, 0.3) is 0 Å². The predicted molar refractivity (Wildman–Crippen MR) is 70.3 cm³/mol. The average molecular weight is 263 g/mol. The fourth-order valence-corrected chi connectivity index (χ4v) is 2.16. The lowest BCUT2D eigenvalue weighted by atomic mass is 10.1. The minimum absolute atomic E-state index is 0.159. The topological polar surface area (TPSA) is 56.8 Å². The molecule has 0 saturated heterocycles. The van der Waals surface area contributed by atoms with Crippen molar-refractivity contribution in [2.75, 3.05) is 28.4 Å². The van der Waals surface area contributed by atoms with Gasteiger partial charge in [-0.2, -0.15) is 0 Å². The molecule has 5 nitrogen and oxygen atoms in total. The van der Waals surface area contributed by atoms with Crippen LogP contribution in [0.15, 0.2) is 18.2 Å². The lowest BCUT2D eigenvalue weighted by molar-refractivity contribution is 0.307. The van der Waals surface area contributed by atoms with E-state index < -0.39 is 0 Å². The Morgan fingerprint density at radius 3 is 1.79 bits per heavy atom. The van der Waals surface area contributed by atoms with Crippen LogP contribution in [0, 0.1) is 0 Å². The molecular formula is C14H15O5. The van der Waals surface area contributed by atoms with Crippen molar-refractivity contribution in [1.29, 1.82) is 0 Å². The summed E-state index contributed by atoms with van der Waals surface area (Å²) in [7, 11) is 5.99. The van der Waals surface area contributed by atoms with Gasteiger partial charge in [-0.05, 0) is 6.07 Å². The molecule has 0 unspecified atom stereocenters. The minimum atomic E-state index is -0.159. The maximum absolute atomic E-state index is 12.1. The molecule has 0 bridgehead atoms. The molecule has 0 N–H and O–H groups in total. The summed E-state index contributed by atoms with van der Waals surface area (Å²) in [5.74, 6) is 1.39. The fourth-order valence-electron chi connectivity index (χ4n) is 2.16. The van der Waals surface area contributed by atoms with E-state index in [1.807, 2.05) is 0 Å². The summed E-state index contributed by atoms with van der Waals surface area (Å²) in [6.07, 6.45) is 0. The van der Waals surface area contributed by atoms with Crippen molar-refractivity contribution in [3.05, 3.63) is 18.2 Å². The van der Waals surface area contributed by atoms with Crippen molar-refractivity contribution >= 4 is 10.8 Å². The zero-order valence-corrected chi connectivity index (χ0v) is 11.3. The van der Waals surface area contributed by atoms with E-state index >= 15 is 0 Å². The molecule has 0 fully saturated rings. The Hall–Kier alpha value is -2.30. The average Bonchev–Trinajstić information content (AvgIpc) is 2.44. The molecule has 2 rings (SSSR count). The second-order valence-electron chi connectivity index (χ2n) is 3.81. The normalized spacial score (nSPS) is 10.3. The number of fused-ring (bicyclic) bond motifs is 1. The molecule has 0 saturated carbocycles. The van der Waals surface area contributed by atoms with E-state index in [2.05, 4.69) is 0 Å². The number of benzene rings is 2. The molecule has 0 aromatic heterocycles. The van der Waals surface area contributed by atoms with Gasteiger partial charge >= 0.3 is 0 Å².